The Kier molecular flexibility index (Phi) is 7.30. The summed E-state index contributed by atoms with van der Waals surface area (Å²) >= 11 is 0. The first kappa shape index (κ1) is 27.0. The Morgan fingerprint density at radius 1 is 0.821 bits per heavy atom. The highest BCUT2D eigenvalue weighted by Gasteiger charge is 2.36. The number of hydrogen-bond donors (Lipinski definition) is 1. The monoisotopic (exact) mass is 550 g/mol. The Morgan fingerprint density at radius 3 is 2.18 bits per heavy atom. The molecule has 4 heterocycles. The third kappa shape index (κ3) is 6.04. The number of fused-ring (bicyclic) bond motifs is 1. The maximum Gasteiger partial charge on any atom is 0.419 e. The smallest absolute Gasteiger partial charge is 0.355 e. The molecule has 0 spiro atoms. The Labute approximate surface area is 222 Å². The first-order chi connectivity index (χ1) is 18.5. The van der Waals surface area contributed by atoms with Crippen molar-refractivity contribution in [2.75, 3.05) is 41.3 Å². The Hall–Kier alpha value is -3.57. The molecule has 1 fully saturated rings. The SMILES string of the molecule is CC1CCN(c2nc3c(c(Nc4ccc(C(F)(F)F)cc4)n2)CCN(c2ncccc2C(F)(F)F)CC3)CC1. The van der Waals surface area contributed by atoms with E-state index in [-0.39, 0.29) is 18.9 Å². The van der Waals surface area contributed by atoms with Gasteiger partial charge in [0.25, 0.3) is 0 Å². The van der Waals surface area contributed by atoms with Crippen molar-refractivity contribution in [1.82, 2.24) is 15.0 Å². The molecule has 0 amide bonds. The van der Waals surface area contributed by atoms with Crippen LogP contribution in [0, 0.1) is 5.92 Å². The van der Waals surface area contributed by atoms with Crippen molar-refractivity contribution in [3.8, 4) is 0 Å². The minimum Gasteiger partial charge on any atom is -0.355 e. The summed E-state index contributed by atoms with van der Waals surface area (Å²) in [5.41, 5.74) is 0.306. The fraction of sp³-hybridized carbons (Fsp3) is 0.444. The summed E-state index contributed by atoms with van der Waals surface area (Å²) in [7, 11) is 0. The zero-order valence-electron chi connectivity index (χ0n) is 21.3. The third-order valence-corrected chi connectivity index (χ3v) is 7.26. The maximum absolute atomic E-state index is 13.7. The molecule has 208 valence electrons. The van der Waals surface area contributed by atoms with E-state index in [0.29, 0.717) is 41.9 Å². The lowest BCUT2D eigenvalue weighted by atomic mass is 9.99. The molecule has 2 aliphatic heterocycles. The molecule has 0 unspecified atom stereocenters. The van der Waals surface area contributed by atoms with Gasteiger partial charge in [-0.15, -0.1) is 0 Å². The van der Waals surface area contributed by atoms with E-state index in [0.717, 1.165) is 49.7 Å². The molecule has 2 aliphatic rings. The summed E-state index contributed by atoms with van der Waals surface area (Å²) < 4.78 is 80.2. The van der Waals surface area contributed by atoms with Crippen LogP contribution in [0.4, 0.5) is 49.6 Å². The third-order valence-electron chi connectivity index (χ3n) is 7.26. The molecule has 0 aliphatic carbocycles. The molecule has 0 atom stereocenters. The van der Waals surface area contributed by atoms with Gasteiger partial charge < -0.3 is 15.1 Å². The number of halogens is 6. The fourth-order valence-corrected chi connectivity index (χ4v) is 5.00. The fourth-order valence-electron chi connectivity index (χ4n) is 5.00. The van der Waals surface area contributed by atoms with Crippen LogP contribution < -0.4 is 15.1 Å². The molecule has 39 heavy (non-hydrogen) atoms. The Morgan fingerprint density at radius 2 is 1.51 bits per heavy atom. The van der Waals surface area contributed by atoms with Gasteiger partial charge in [0.2, 0.25) is 5.95 Å². The summed E-state index contributed by atoms with van der Waals surface area (Å²) in [4.78, 5) is 17.3. The van der Waals surface area contributed by atoms with E-state index < -0.39 is 23.5 Å². The van der Waals surface area contributed by atoms with Gasteiger partial charge in [-0.3, -0.25) is 0 Å². The van der Waals surface area contributed by atoms with E-state index in [4.69, 9.17) is 9.97 Å². The van der Waals surface area contributed by atoms with E-state index in [1.807, 2.05) is 0 Å². The second kappa shape index (κ2) is 10.5. The second-order valence-corrected chi connectivity index (χ2v) is 10.0. The minimum atomic E-state index is -4.55. The lowest BCUT2D eigenvalue weighted by Crippen LogP contribution is -2.34. The first-order valence-electron chi connectivity index (χ1n) is 12.8. The van der Waals surface area contributed by atoms with Crippen molar-refractivity contribution in [3.63, 3.8) is 0 Å². The normalized spacial score (nSPS) is 17.1. The first-order valence-corrected chi connectivity index (χ1v) is 12.8. The van der Waals surface area contributed by atoms with Gasteiger partial charge in [-0.2, -0.15) is 31.3 Å². The number of pyridine rings is 1. The van der Waals surface area contributed by atoms with Crippen LogP contribution in [0.25, 0.3) is 0 Å². The van der Waals surface area contributed by atoms with E-state index in [1.54, 1.807) is 4.90 Å². The van der Waals surface area contributed by atoms with Gasteiger partial charge in [0, 0.05) is 50.0 Å². The highest BCUT2D eigenvalue weighted by molar-refractivity contribution is 5.63. The molecule has 0 radical (unpaired) electrons. The molecule has 3 aromatic rings. The van der Waals surface area contributed by atoms with E-state index in [9.17, 15) is 26.3 Å². The molecule has 1 saturated heterocycles. The standard InChI is InChI=1S/C27H28F6N6/c1-17-8-13-39(14-9-17)25-36-22-11-16-38(24-21(27(31,32)33)3-2-12-34-24)15-10-20(22)23(37-25)35-19-6-4-18(5-7-19)26(28,29)30/h2-7,12,17H,8-11,13-16H2,1H3,(H,35,36,37). The van der Waals surface area contributed by atoms with Gasteiger partial charge in [-0.25, -0.2) is 9.97 Å². The van der Waals surface area contributed by atoms with Crippen LogP contribution in [0.5, 0.6) is 0 Å². The Balaban J connectivity index is 1.48. The van der Waals surface area contributed by atoms with Crippen molar-refractivity contribution in [3.05, 3.63) is 65.0 Å². The highest BCUT2D eigenvalue weighted by atomic mass is 19.4. The number of nitrogens with one attached hydrogen (secondary N) is 1. The van der Waals surface area contributed by atoms with Crippen LogP contribution >= 0.6 is 0 Å². The number of hydrogen-bond acceptors (Lipinski definition) is 6. The highest BCUT2D eigenvalue weighted by Crippen LogP contribution is 2.37. The van der Waals surface area contributed by atoms with Gasteiger partial charge >= 0.3 is 12.4 Å². The second-order valence-electron chi connectivity index (χ2n) is 10.0. The van der Waals surface area contributed by atoms with Crippen LogP contribution in [0.3, 0.4) is 0 Å². The molecular formula is C27H28F6N6. The van der Waals surface area contributed by atoms with Crippen LogP contribution in [-0.2, 0) is 25.2 Å². The quantitative estimate of drug-likeness (QED) is 0.375. The molecule has 0 bridgehead atoms. The number of nitrogens with zero attached hydrogens (tertiary/aromatic N) is 5. The van der Waals surface area contributed by atoms with Gasteiger partial charge in [0.1, 0.15) is 11.6 Å². The molecule has 12 heteroatoms. The minimum absolute atomic E-state index is 0.131. The average Bonchev–Trinajstić information content (AvgIpc) is 3.11. The average molecular weight is 551 g/mol. The van der Waals surface area contributed by atoms with Crippen LogP contribution in [0.15, 0.2) is 42.6 Å². The molecule has 1 N–H and O–H groups in total. The molecule has 6 nitrogen and oxygen atoms in total. The molecular weight excluding hydrogens is 522 g/mol. The predicted molar refractivity (Wildman–Crippen MR) is 136 cm³/mol. The summed E-state index contributed by atoms with van der Waals surface area (Å²) in [5, 5.41) is 3.16. The van der Waals surface area contributed by atoms with Crippen molar-refractivity contribution in [2.24, 2.45) is 5.92 Å². The molecule has 1 aromatic carbocycles. The van der Waals surface area contributed by atoms with Crippen molar-refractivity contribution < 1.29 is 26.3 Å². The van der Waals surface area contributed by atoms with Gasteiger partial charge in [-0.05, 0) is 61.6 Å². The lowest BCUT2D eigenvalue weighted by Gasteiger charge is -2.31. The number of benzene rings is 1. The Bertz CT molecular complexity index is 1300. The van der Waals surface area contributed by atoms with Crippen molar-refractivity contribution in [1.29, 1.82) is 0 Å². The maximum atomic E-state index is 13.7. The molecule has 5 rings (SSSR count). The number of aromatic nitrogens is 3. The molecule has 0 saturated carbocycles. The molecule has 2 aromatic heterocycles. The topological polar surface area (TPSA) is 57.2 Å². The summed E-state index contributed by atoms with van der Waals surface area (Å²) in [6.45, 7) is 4.26. The number of anilines is 4. The van der Waals surface area contributed by atoms with Crippen LogP contribution in [0.2, 0.25) is 0 Å². The predicted octanol–water partition coefficient (Wildman–Crippen LogP) is 6.49. The number of piperidine rings is 1. The van der Waals surface area contributed by atoms with Crippen LogP contribution in [0.1, 0.15) is 42.1 Å². The zero-order valence-corrected chi connectivity index (χ0v) is 21.3. The van der Waals surface area contributed by atoms with Crippen molar-refractivity contribution in [2.45, 2.75) is 45.0 Å². The van der Waals surface area contributed by atoms with E-state index >= 15 is 0 Å². The van der Waals surface area contributed by atoms with Crippen LogP contribution in [-0.4, -0.2) is 41.1 Å². The number of alkyl halides is 6. The summed E-state index contributed by atoms with van der Waals surface area (Å²) in [6.07, 6.45) is -4.99. The number of rotatable bonds is 4. The van der Waals surface area contributed by atoms with E-state index in [2.05, 4.69) is 22.1 Å². The largest absolute Gasteiger partial charge is 0.419 e. The van der Waals surface area contributed by atoms with Crippen molar-refractivity contribution >= 4 is 23.3 Å². The lowest BCUT2D eigenvalue weighted by molar-refractivity contribution is -0.138. The van der Waals surface area contributed by atoms with E-state index in [1.165, 1.54) is 24.4 Å². The summed E-state index contributed by atoms with van der Waals surface area (Å²) in [5.74, 6) is 1.42. The summed E-state index contributed by atoms with van der Waals surface area (Å²) in [6, 6.07) is 6.96. The zero-order chi connectivity index (χ0) is 27.8. The van der Waals surface area contributed by atoms with Gasteiger partial charge in [-0.1, -0.05) is 6.92 Å². The van der Waals surface area contributed by atoms with Gasteiger partial charge in [0.15, 0.2) is 0 Å². The van der Waals surface area contributed by atoms with Gasteiger partial charge in [0.05, 0.1) is 16.8 Å².